The van der Waals surface area contributed by atoms with Crippen LogP contribution in [0.15, 0.2) is 83.9 Å². The van der Waals surface area contributed by atoms with Gasteiger partial charge in [0.1, 0.15) is 23.1 Å². The second-order valence-electron chi connectivity index (χ2n) is 7.92. The van der Waals surface area contributed by atoms with Crippen LogP contribution in [0.3, 0.4) is 0 Å². The van der Waals surface area contributed by atoms with E-state index in [2.05, 4.69) is 25.9 Å². The summed E-state index contributed by atoms with van der Waals surface area (Å²) in [6, 6.07) is 15.7. The highest BCUT2D eigenvalue weighted by Crippen LogP contribution is 2.18. The zero-order valence-electron chi connectivity index (χ0n) is 21.2. The molecule has 0 saturated carbocycles. The highest BCUT2D eigenvalue weighted by molar-refractivity contribution is 7.98. The van der Waals surface area contributed by atoms with Gasteiger partial charge in [-0.05, 0) is 30.9 Å². The number of aromatic nitrogens is 2. The number of nitrogens with zero attached hydrogens (tertiary/aromatic N) is 2. The number of aliphatic carboxylic acids is 1. The van der Waals surface area contributed by atoms with E-state index in [4.69, 9.17) is 4.74 Å². The summed E-state index contributed by atoms with van der Waals surface area (Å²) in [4.78, 5) is 58.8. The Morgan fingerprint density at radius 3 is 2.33 bits per heavy atom. The van der Waals surface area contributed by atoms with Crippen LogP contribution in [-0.4, -0.2) is 57.7 Å². The number of carbonyl (C=O) groups is 4. The maximum Gasteiger partial charge on any atom is 0.343 e. The molecule has 1 atom stereocenters. The number of amides is 2. The number of carbonyl (C=O) groups excluding carboxylic acids is 3. The van der Waals surface area contributed by atoms with E-state index >= 15 is 0 Å². The van der Waals surface area contributed by atoms with Crippen molar-refractivity contribution in [2.75, 3.05) is 18.2 Å². The van der Waals surface area contributed by atoms with Gasteiger partial charge in [-0.25, -0.2) is 19.6 Å². The molecule has 0 unspecified atom stereocenters. The minimum absolute atomic E-state index is 0.00698. The topological polar surface area (TPSA) is 160 Å². The lowest BCUT2D eigenvalue weighted by Crippen LogP contribution is -2.45. The Hall–Kier alpha value is -4.71. The molecule has 0 aliphatic rings. The molecule has 1 heterocycles. The third-order valence-corrected chi connectivity index (χ3v) is 5.77. The van der Waals surface area contributed by atoms with E-state index in [1.807, 2.05) is 0 Å². The fourth-order valence-electron chi connectivity index (χ4n) is 3.30. The van der Waals surface area contributed by atoms with Crippen LogP contribution in [0.5, 0.6) is 0 Å². The van der Waals surface area contributed by atoms with E-state index in [0.29, 0.717) is 10.7 Å². The van der Waals surface area contributed by atoms with Gasteiger partial charge in [-0.2, -0.15) is 0 Å². The molecule has 0 aliphatic heterocycles. The summed E-state index contributed by atoms with van der Waals surface area (Å²) in [5, 5.41) is 17.8. The van der Waals surface area contributed by atoms with Crippen molar-refractivity contribution in [2.24, 2.45) is 0 Å². The Morgan fingerprint density at radius 2 is 1.72 bits per heavy atom. The first-order valence-electron chi connectivity index (χ1n) is 11.8. The molecule has 3 aromatic rings. The molecule has 0 spiro atoms. The van der Waals surface area contributed by atoms with Crippen LogP contribution in [0.4, 0.5) is 5.82 Å². The maximum absolute atomic E-state index is 13.3. The van der Waals surface area contributed by atoms with Crippen molar-refractivity contribution in [3.05, 3.63) is 95.4 Å². The third kappa shape index (κ3) is 8.40. The van der Waals surface area contributed by atoms with Gasteiger partial charge in [0, 0.05) is 24.4 Å². The lowest BCUT2D eigenvalue weighted by Gasteiger charge is -2.17. The number of hydrogen-bond acceptors (Lipinski definition) is 9. The predicted molar refractivity (Wildman–Crippen MR) is 145 cm³/mol. The van der Waals surface area contributed by atoms with Gasteiger partial charge in [0.2, 0.25) is 0 Å². The van der Waals surface area contributed by atoms with Crippen LogP contribution in [0, 0.1) is 0 Å². The molecule has 0 bridgehead atoms. The average Bonchev–Trinajstić information content (AvgIpc) is 2.95. The number of benzene rings is 2. The first kappa shape index (κ1) is 28.9. The Bertz CT molecular complexity index is 1350. The summed E-state index contributed by atoms with van der Waals surface area (Å²) < 4.78 is 5.05. The Morgan fingerprint density at radius 1 is 1.05 bits per heavy atom. The van der Waals surface area contributed by atoms with Gasteiger partial charge >= 0.3 is 11.9 Å². The van der Waals surface area contributed by atoms with Gasteiger partial charge in [-0.3, -0.25) is 9.59 Å². The van der Waals surface area contributed by atoms with Gasteiger partial charge in [0.25, 0.3) is 11.8 Å². The summed E-state index contributed by atoms with van der Waals surface area (Å²) in [5.74, 6) is -3.38. The number of anilines is 1. The molecule has 0 fully saturated rings. The number of ether oxygens (including phenoxy) is 1. The molecule has 3 rings (SSSR count). The summed E-state index contributed by atoms with van der Waals surface area (Å²) >= 11 is 1.23. The van der Waals surface area contributed by atoms with Crippen LogP contribution in [-0.2, 0) is 20.7 Å². The monoisotopic (exact) mass is 549 g/mol. The van der Waals surface area contributed by atoms with Crippen LogP contribution in [0.2, 0.25) is 0 Å². The Kier molecular flexibility index (Phi) is 10.6. The molecule has 39 heavy (non-hydrogen) atoms. The van der Waals surface area contributed by atoms with Gasteiger partial charge in [-0.1, -0.05) is 60.3 Å². The van der Waals surface area contributed by atoms with Gasteiger partial charge in [0.05, 0.1) is 6.61 Å². The third-order valence-electron chi connectivity index (χ3n) is 5.21. The second kappa shape index (κ2) is 14.3. The van der Waals surface area contributed by atoms with Crippen molar-refractivity contribution in [1.82, 2.24) is 20.6 Å². The SMILES string of the molecule is CCOC(=O)c1cnc(SC)nc1N/C=C(\NC(=O)c1ccccc1)C(=O)N[C@@H](Cc1ccccc1)C(=O)O. The highest BCUT2D eigenvalue weighted by Gasteiger charge is 2.24. The van der Waals surface area contributed by atoms with Crippen molar-refractivity contribution in [3.8, 4) is 0 Å². The van der Waals surface area contributed by atoms with Crippen molar-refractivity contribution >= 4 is 41.3 Å². The highest BCUT2D eigenvalue weighted by atomic mass is 32.2. The predicted octanol–water partition coefficient (Wildman–Crippen LogP) is 2.87. The van der Waals surface area contributed by atoms with Crippen LogP contribution in [0.1, 0.15) is 33.2 Å². The number of esters is 1. The minimum Gasteiger partial charge on any atom is -0.480 e. The van der Waals surface area contributed by atoms with Gasteiger partial charge in [0.15, 0.2) is 5.16 Å². The quantitative estimate of drug-likeness (QED) is 0.114. The smallest absolute Gasteiger partial charge is 0.343 e. The fourth-order valence-corrected chi connectivity index (χ4v) is 3.64. The molecule has 4 N–H and O–H groups in total. The summed E-state index contributed by atoms with van der Waals surface area (Å²) in [6.45, 7) is 1.77. The number of carboxylic acid groups (broad SMARTS) is 1. The van der Waals surface area contributed by atoms with Crippen molar-refractivity contribution in [2.45, 2.75) is 24.5 Å². The summed E-state index contributed by atoms with van der Waals surface area (Å²) in [6.07, 6.45) is 4.18. The zero-order chi connectivity index (χ0) is 28.2. The van der Waals surface area contributed by atoms with Crippen LogP contribution < -0.4 is 16.0 Å². The molecule has 2 aromatic carbocycles. The number of thioether (sulfide) groups is 1. The number of nitrogens with one attached hydrogen (secondary N) is 3. The molecule has 1 aromatic heterocycles. The lowest BCUT2D eigenvalue weighted by molar-refractivity contribution is -0.141. The van der Waals surface area contributed by atoms with Crippen LogP contribution in [0.25, 0.3) is 0 Å². The molecule has 11 nitrogen and oxygen atoms in total. The number of rotatable bonds is 12. The Labute approximate surface area is 229 Å². The van der Waals surface area contributed by atoms with Crippen molar-refractivity contribution in [3.63, 3.8) is 0 Å². The number of carboxylic acids is 1. The molecular formula is C27H27N5O6S. The molecule has 0 aliphatic carbocycles. The van der Waals surface area contributed by atoms with Gasteiger partial charge < -0.3 is 25.8 Å². The molecule has 0 saturated heterocycles. The normalized spacial score (nSPS) is 11.7. The van der Waals surface area contributed by atoms with E-state index in [9.17, 15) is 24.3 Å². The fraction of sp³-hybridized carbons (Fsp3) is 0.185. The molecule has 202 valence electrons. The summed E-state index contributed by atoms with van der Waals surface area (Å²) in [7, 11) is 0. The van der Waals surface area contributed by atoms with E-state index in [-0.39, 0.29) is 35.7 Å². The largest absolute Gasteiger partial charge is 0.480 e. The van der Waals surface area contributed by atoms with Crippen molar-refractivity contribution in [1.29, 1.82) is 0 Å². The van der Waals surface area contributed by atoms with E-state index in [1.54, 1.807) is 73.8 Å². The maximum atomic E-state index is 13.3. The lowest BCUT2D eigenvalue weighted by atomic mass is 10.1. The van der Waals surface area contributed by atoms with E-state index in [0.717, 1.165) is 6.20 Å². The van der Waals surface area contributed by atoms with E-state index in [1.165, 1.54) is 18.0 Å². The Balaban J connectivity index is 1.93. The zero-order valence-corrected chi connectivity index (χ0v) is 22.0. The standard InChI is InChI=1S/C27H27N5O6S/c1-3-38-26(37)19-15-29-27(39-2)32-22(19)28-16-21(31-23(33)18-12-8-5-9-13-18)24(34)30-20(25(35)36)14-17-10-6-4-7-11-17/h4-13,15-16,20H,3,14H2,1-2H3,(H,30,34)(H,31,33)(H,35,36)(H,28,29,32)/b21-16-/t20-/m0/s1. The van der Waals surface area contributed by atoms with Gasteiger partial charge in [-0.15, -0.1) is 0 Å². The van der Waals surface area contributed by atoms with Crippen molar-refractivity contribution < 1.29 is 29.0 Å². The average molecular weight is 550 g/mol. The summed E-state index contributed by atoms with van der Waals surface area (Å²) in [5.41, 5.74) is 0.677. The molecule has 0 radical (unpaired) electrons. The van der Waals surface area contributed by atoms with Crippen LogP contribution >= 0.6 is 11.8 Å². The number of hydrogen-bond donors (Lipinski definition) is 4. The molecular weight excluding hydrogens is 522 g/mol. The minimum atomic E-state index is -1.28. The van der Waals surface area contributed by atoms with E-state index < -0.39 is 29.8 Å². The second-order valence-corrected chi connectivity index (χ2v) is 8.69. The first-order chi connectivity index (χ1) is 18.8. The molecule has 2 amide bonds. The first-order valence-corrected chi connectivity index (χ1v) is 13.0. The molecule has 12 heteroatoms.